The molecule has 2 N–H and O–H groups in total. The van der Waals surface area contributed by atoms with Crippen LogP contribution in [0.5, 0.6) is 5.75 Å². The Morgan fingerprint density at radius 3 is 2.65 bits per heavy atom. The second-order valence-corrected chi connectivity index (χ2v) is 5.34. The molecule has 0 amide bonds. The van der Waals surface area contributed by atoms with E-state index < -0.39 is 0 Å². The number of hydrogen-bond donors (Lipinski definition) is 1. The van der Waals surface area contributed by atoms with Crippen molar-refractivity contribution in [3.8, 4) is 5.75 Å². The lowest BCUT2D eigenvalue weighted by Gasteiger charge is -2.14. The van der Waals surface area contributed by atoms with Crippen LogP contribution in [0.4, 0.5) is 4.39 Å². The van der Waals surface area contributed by atoms with E-state index in [1.54, 1.807) is 24.3 Å². The minimum Gasteiger partial charge on any atom is -0.488 e. The molecule has 0 aromatic heterocycles. The van der Waals surface area contributed by atoms with Crippen molar-refractivity contribution in [3.63, 3.8) is 0 Å². The van der Waals surface area contributed by atoms with Crippen molar-refractivity contribution in [1.29, 1.82) is 0 Å². The summed E-state index contributed by atoms with van der Waals surface area (Å²) in [7, 11) is 0. The Kier molecular flexibility index (Phi) is 4.86. The first kappa shape index (κ1) is 15.1. The minimum absolute atomic E-state index is 0.197. The fraction of sp³-hybridized carbons (Fsp3) is 0.200. The number of halogens is 3. The van der Waals surface area contributed by atoms with Crippen molar-refractivity contribution in [3.05, 3.63) is 63.4 Å². The van der Waals surface area contributed by atoms with Gasteiger partial charge in [-0.05, 0) is 31.2 Å². The van der Waals surface area contributed by atoms with Gasteiger partial charge in [0.05, 0.1) is 0 Å². The molecule has 0 heterocycles. The normalized spacial score (nSPS) is 12.2. The molecule has 0 radical (unpaired) electrons. The van der Waals surface area contributed by atoms with E-state index >= 15 is 0 Å². The Morgan fingerprint density at radius 2 is 1.95 bits per heavy atom. The van der Waals surface area contributed by atoms with Gasteiger partial charge in [-0.2, -0.15) is 0 Å². The smallest absolute Gasteiger partial charge is 0.127 e. The second kappa shape index (κ2) is 6.44. The van der Waals surface area contributed by atoms with E-state index in [2.05, 4.69) is 0 Å². The van der Waals surface area contributed by atoms with E-state index in [1.807, 2.05) is 6.92 Å². The molecule has 0 spiro atoms. The summed E-state index contributed by atoms with van der Waals surface area (Å²) >= 11 is 12.0. The number of ether oxygens (including phenoxy) is 1. The van der Waals surface area contributed by atoms with E-state index in [9.17, 15) is 4.39 Å². The van der Waals surface area contributed by atoms with Gasteiger partial charge in [-0.15, -0.1) is 0 Å². The SMILES string of the molecule is C[C@H](N)c1ccc(F)cc1OCc1cc(Cl)ccc1Cl. The summed E-state index contributed by atoms with van der Waals surface area (Å²) in [5.41, 5.74) is 7.31. The van der Waals surface area contributed by atoms with Crippen LogP contribution in [0.15, 0.2) is 36.4 Å². The van der Waals surface area contributed by atoms with E-state index in [0.29, 0.717) is 15.8 Å². The zero-order chi connectivity index (χ0) is 14.7. The maximum Gasteiger partial charge on any atom is 0.127 e. The number of nitrogens with two attached hydrogens (primary N) is 1. The van der Waals surface area contributed by atoms with Crippen LogP contribution < -0.4 is 10.5 Å². The highest BCUT2D eigenvalue weighted by atomic mass is 35.5. The molecule has 0 aliphatic rings. The first-order valence-corrected chi connectivity index (χ1v) is 6.84. The van der Waals surface area contributed by atoms with E-state index in [4.69, 9.17) is 33.7 Å². The third kappa shape index (κ3) is 3.63. The molecule has 0 unspecified atom stereocenters. The van der Waals surface area contributed by atoms with Crippen molar-refractivity contribution in [2.45, 2.75) is 19.6 Å². The Labute approximate surface area is 127 Å². The van der Waals surface area contributed by atoms with Crippen LogP contribution in [0.3, 0.4) is 0 Å². The van der Waals surface area contributed by atoms with Crippen LogP contribution in [0.2, 0.25) is 10.0 Å². The Balaban J connectivity index is 2.22. The molecule has 0 aliphatic heterocycles. The zero-order valence-corrected chi connectivity index (χ0v) is 12.4. The number of benzene rings is 2. The molecular formula is C15H14Cl2FNO. The van der Waals surface area contributed by atoms with Crippen LogP contribution in [0, 0.1) is 5.82 Å². The molecule has 0 bridgehead atoms. The average molecular weight is 314 g/mol. The maximum absolute atomic E-state index is 13.3. The summed E-state index contributed by atoms with van der Waals surface area (Å²) in [5.74, 6) is 0.0395. The zero-order valence-electron chi connectivity index (χ0n) is 10.9. The molecular weight excluding hydrogens is 300 g/mol. The quantitative estimate of drug-likeness (QED) is 0.885. The predicted molar refractivity (Wildman–Crippen MR) is 79.8 cm³/mol. The van der Waals surface area contributed by atoms with E-state index in [1.165, 1.54) is 12.1 Å². The lowest BCUT2D eigenvalue weighted by Crippen LogP contribution is -2.08. The summed E-state index contributed by atoms with van der Waals surface area (Å²) < 4.78 is 18.9. The van der Waals surface area contributed by atoms with Crippen molar-refractivity contribution in [2.75, 3.05) is 0 Å². The minimum atomic E-state index is -0.374. The van der Waals surface area contributed by atoms with Gasteiger partial charge < -0.3 is 10.5 Å². The monoisotopic (exact) mass is 313 g/mol. The molecule has 0 fully saturated rings. The highest BCUT2D eigenvalue weighted by molar-refractivity contribution is 6.33. The molecule has 2 rings (SSSR count). The van der Waals surface area contributed by atoms with Gasteiger partial charge in [-0.25, -0.2) is 4.39 Å². The van der Waals surface area contributed by atoms with Crippen molar-refractivity contribution in [2.24, 2.45) is 5.73 Å². The van der Waals surface area contributed by atoms with Gasteiger partial charge in [0.25, 0.3) is 0 Å². The fourth-order valence-corrected chi connectivity index (χ4v) is 2.19. The van der Waals surface area contributed by atoms with Gasteiger partial charge in [0.2, 0.25) is 0 Å². The second-order valence-electron chi connectivity index (χ2n) is 4.50. The van der Waals surface area contributed by atoms with Crippen LogP contribution in [-0.2, 0) is 6.61 Å². The third-order valence-corrected chi connectivity index (χ3v) is 3.46. The largest absolute Gasteiger partial charge is 0.488 e. The summed E-state index contributed by atoms with van der Waals surface area (Å²) in [6.07, 6.45) is 0. The molecule has 2 nitrogen and oxygen atoms in total. The molecule has 0 saturated heterocycles. The van der Waals surface area contributed by atoms with Gasteiger partial charge in [-0.3, -0.25) is 0 Å². The average Bonchev–Trinajstić information content (AvgIpc) is 2.39. The van der Waals surface area contributed by atoms with Crippen LogP contribution >= 0.6 is 23.2 Å². The Morgan fingerprint density at radius 1 is 1.20 bits per heavy atom. The molecule has 106 valence electrons. The van der Waals surface area contributed by atoms with E-state index in [-0.39, 0.29) is 18.5 Å². The van der Waals surface area contributed by atoms with Gasteiger partial charge in [0.15, 0.2) is 0 Å². The van der Waals surface area contributed by atoms with Crippen LogP contribution in [-0.4, -0.2) is 0 Å². The molecule has 0 aliphatic carbocycles. The maximum atomic E-state index is 13.3. The highest BCUT2D eigenvalue weighted by Gasteiger charge is 2.10. The van der Waals surface area contributed by atoms with Crippen molar-refractivity contribution < 1.29 is 9.13 Å². The molecule has 5 heteroatoms. The number of rotatable bonds is 4. The standard InChI is InChI=1S/C15H14Cl2FNO/c1-9(19)13-4-3-12(18)7-15(13)20-8-10-6-11(16)2-5-14(10)17/h2-7,9H,8,19H2,1H3/t9-/m0/s1. The summed E-state index contributed by atoms with van der Waals surface area (Å²) in [4.78, 5) is 0. The Bertz CT molecular complexity index is 617. The van der Waals surface area contributed by atoms with Crippen molar-refractivity contribution >= 4 is 23.2 Å². The van der Waals surface area contributed by atoms with Crippen molar-refractivity contribution in [1.82, 2.24) is 0 Å². The summed E-state index contributed by atoms with van der Waals surface area (Å²) in [6, 6.07) is 9.16. The highest BCUT2D eigenvalue weighted by Crippen LogP contribution is 2.27. The first-order chi connectivity index (χ1) is 9.47. The first-order valence-electron chi connectivity index (χ1n) is 6.09. The number of hydrogen-bond acceptors (Lipinski definition) is 2. The lowest BCUT2D eigenvalue weighted by atomic mass is 10.1. The van der Waals surface area contributed by atoms with E-state index in [0.717, 1.165) is 11.1 Å². The van der Waals surface area contributed by atoms with Gasteiger partial charge >= 0.3 is 0 Å². The predicted octanol–water partition coefficient (Wildman–Crippen LogP) is 4.73. The topological polar surface area (TPSA) is 35.2 Å². The summed E-state index contributed by atoms with van der Waals surface area (Å²) in [6.45, 7) is 2.01. The van der Waals surface area contributed by atoms with Gasteiger partial charge in [0, 0.05) is 33.3 Å². The molecule has 2 aromatic carbocycles. The van der Waals surface area contributed by atoms with Crippen LogP contribution in [0.1, 0.15) is 24.1 Å². The van der Waals surface area contributed by atoms with Gasteiger partial charge in [-0.1, -0.05) is 29.3 Å². The Hall–Kier alpha value is -1.29. The van der Waals surface area contributed by atoms with Crippen LogP contribution in [0.25, 0.3) is 0 Å². The van der Waals surface area contributed by atoms with Gasteiger partial charge in [0.1, 0.15) is 18.2 Å². The summed E-state index contributed by atoms with van der Waals surface area (Å²) in [5, 5.41) is 1.12. The third-order valence-electron chi connectivity index (χ3n) is 2.86. The molecule has 20 heavy (non-hydrogen) atoms. The lowest BCUT2D eigenvalue weighted by molar-refractivity contribution is 0.300. The molecule has 0 saturated carbocycles. The fourth-order valence-electron chi connectivity index (χ4n) is 1.82. The molecule has 2 aromatic rings. The molecule has 1 atom stereocenters.